The molecule has 1 atom stereocenters. The first kappa shape index (κ1) is 17.6. The first-order valence-electron chi connectivity index (χ1n) is 7.39. The molecule has 2 heterocycles. The molecule has 0 radical (unpaired) electrons. The lowest BCUT2D eigenvalue weighted by Crippen LogP contribution is -2.37. The van der Waals surface area contributed by atoms with Crippen molar-refractivity contribution in [3.63, 3.8) is 0 Å². The van der Waals surface area contributed by atoms with E-state index in [0.717, 1.165) is 11.3 Å². The number of sulfonamides is 1. The van der Waals surface area contributed by atoms with Crippen molar-refractivity contribution in [2.75, 3.05) is 13.2 Å². The Labute approximate surface area is 145 Å². The van der Waals surface area contributed by atoms with Gasteiger partial charge in [-0.1, -0.05) is 12.1 Å². The minimum atomic E-state index is -3.84. The monoisotopic (exact) mass is 387 g/mol. The van der Waals surface area contributed by atoms with E-state index in [2.05, 4.69) is 0 Å². The topological polar surface area (TPSA) is 91.8 Å². The van der Waals surface area contributed by atoms with Gasteiger partial charge in [0.1, 0.15) is 4.21 Å². The summed E-state index contributed by atoms with van der Waals surface area (Å²) in [6.45, 7) is 0.0852. The van der Waals surface area contributed by atoms with Crippen molar-refractivity contribution >= 4 is 31.2 Å². The molecular formula is C15H17NO5S3. The Morgan fingerprint density at radius 3 is 2.54 bits per heavy atom. The van der Waals surface area contributed by atoms with Crippen LogP contribution in [0.15, 0.2) is 55.8 Å². The molecule has 1 aromatic heterocycles. The maximum atomic E-state index is 12.8. The first-order chi connectivity index (χ1) is 11.4. The van der Waals surface area contributed by atoms with E-state index in [0.29, 0.717) is 19.4 Å². The van der Waals surface area contributed by atoms with Crippen LogP contribution in [0.3, 0.4) is 0 Å². The summed E-state index contributed by atoms with van der Waals surface area (Å²) in [7, 11) is -7.57. The molecule has 0 saturated carbocycles. The second kappa shape index (κ2) is 6.57. The molecule has 9 heteroatoms. The Bertz CT molecular complexity index is 920. The number of sulfone groups is 1. The van der Waals surface area contributed by atoms with E-state index in [9.17, 15) is 21.9 Å². The number of nitrogens with zero attached hydrogens (tertiary/aromatic N) is 1. The number of aliphatic hydroxyl groups excluding tert-OH is 1. The van der Waals surface area contributed by atoms with Crippen LogP contribution in [0.2, 0.25) is 0 Å². The molecule has 0 aliphatic carbocycles. The molecule has 3 rings (SSSR count). The van der Waals surface area contributed by atoms with Crippen molar-refractivity contribution in [3.8, 4) is 0 Å². The zero-order valence-electron chi connectivity index (χ0n) is 12.7. The van der Waals surface area contributed by atoms with Gasteiger partial charge in [-0.15, -0.1) is 11.3 Å². The third-order valence-electron chi connectivity index (χ3n) is 4.02. The van der Waals surface area contributed by atoms with Gasteiger partial charge in [0.2, 0.25) is 19.9 Å². The summed E-state index contributed by atoms with van der Waals surface area (Å²) in [6, 6.07) is 8.07. The molecule has 0 amide bonds. The van der Waals surface area contributed by atoms with Gasteiger partial charge < -0.3 is 5.11 Å². The second-order valence-electron chi connectivity index (χ2n) is 5.50. The summed E-state index contributed by atoms with van der Waals surface area (Å²) in [5, 5.41) is 11.0. The minimum Gasteiger partial charge on any atom is -0.395 e. The normalized spacial score (nSPS) is 19.6. The fraction of sp³-hybridized carbons (Fsp3) is 0.333. The maximum Gasteiger partial charge on any atom is 0.243 e. The van der Waals surface area contributed by atoms with Crippen LogP contribution in [0, 0.1) is 0 Å². The highest BCUT2D eigenvalue weighted by molar-refractivity contribution is 7.93. The summed E-state index contributed by atoms with van der Waals surface area (Å²) in [5.74, 6) is 0. The molecule has 6 nitrogen and oxygen atoms in total. The van der Waals surface area contributed by atoms with Crippen molar-refractivity contribution in [1.82, 2.24) is 4.31 Å². The van der Waals surface area contributed by atoms with Crippen molar-refractivity contribution < 1.29 is 21.9 Å². The summed E-state index contributed by atoms with van der Waals surface area (Å²) in [5.41, 5.74) is 0. The molecule has 2 aromatic rings. The molecule has 0 bridgehead atoms. The zero-order chi connectivity index (χ0) is 17.4. The summed E-state index contributed by atoms with van der Waals surface area (Å²) in [4.78, 5) is -0.119. The predicted molar refractivity (Wildman–Crippen MR) is 90.2 cm³/mol. The largest absolute Gasteiger partial charge is 0.395 e. The van der Waals surface area contributed by atoms with E-state index < -0.39 is 25.9 Å². The van der Waals surface area contributed by atoms with Crippen LogP contribution in [0.1, 0.15) is 12.8 Å². The Morgan fingerprint density at radius 1 is 1.12 bits per heavy atom. The van der Waals surface area contributed by atoms with E-state index in [4.69, 9.17) is 0 Å². The lowest BCUT2D eigenvalue weighted by molar-refractivity contribution is 0.213. The quantitative estimate of drug-likeness (QED) is 0.843. The molecule has 1 N–H and O–H groups in total. The molecule has 130 valence electrons. The molecule has 1 aliphatic heterocycles. The molecule has 1 aliphatic rings. The van der Waals surface area contributed by atoms with Crippen LogP contribution >= 0.6 is 11.3 Å². The summed E-state index contributed by atoms with van der Waals surface area (Å²) < 4.78 is 52.2. The second-order valence-corrected chi connectivity index (χ2v) is 10.5. The van der Waals surface area contributed by atoms with Gasteiger partial charge in [0, 0.05) is 12.6 Å². The number of benzene rings is 1. The molecule has 1 unspecified atom stereocenters. The standard InChI is InChI=1S/C15H17NO5S3/c17-11-12-4-2-8-16(12)24(20,21)14-6-1-5-13(10-14)23(18,19)15-7-3-9-22-15/h1,3,5-7,9-10,12,17H,2,4,8,11H2. The van der Waals surface area contributed by atoms with Gasteiger partial charge in [-0.3, -0.25) is 0 Å². The smallest absolute Gasteiger partial charge is 0.243 e. The number of hydrogen-bond acceptors (Lipinski definition) is 6. The van der Waals surface area contributed by atoms with E-state index in [1.165, 1.54) is 34.6 Å². The predicted octanol–water partition coefficient (Wildman–Crippen LogP) is 1.73. The first-order valence-corrected chi connectivity index (χ1v) is 11.2. The number of hydrogen-bond donors (Lipinski definition) is 1. The molecule has 1 aromatic carbocycles. The van der Waals surface area contributed by atoms with E-state index in [1.54, 1.807) is 11.4 Å². The fourth-order valence-corrected chi connectivity index (χ4v) is 7.02. The van der Waals surface area contributed by atoms with Crippen molar-refractivity contribution in [1.29, 1.82) is 0 Å². The van der Waals surface area contributed by atoms with E-state index in [-0.39, 0.29) is 20.6 Å². The molecule has 1 fully saturated rings. The van der Waals surface area contributed by atoms with E-state index >= 15 is 0 Å². The number of rotatable bonds is 5. The maximum absolute atomic E-state index is 12.8. The minimum absolute atomic E-state index is 0.0502. The number of thiophene rings is 1. The highest BCUT2D eigenvalue weighted by Crippen LogP contribution is 2.29. The lowest BCUT2D eigenvalue weighted by Gasteiger charge is -2.22. The highest BCUT2D eigenvalue weighted by Gasteiger charge is 2.35. The van der Waals surface area contributed by atoms with Crippen LogP contribution < -0.4 is 0 Å². The van der Waals surface area contributed by atoms with Crippen molar-refractivity contribution in [2.24, 2.45) is 0 Å². The van der Waals surface area contributed by atoms with Crippen LogP contribution in [0.5, 0.6) is 0 Å². The average molecular weight is 388 g/mol. The average Bonchev–Trinajstić information content (AvgIpc) is 3.26. The molecule has 0 spiro atoms. The van der Waals surface area contributed by atoms with Gasteiger partial charge >= 0.3 is 0 Å². The lowest BCUT2D eigenvalue weighted by atomic mass is 10.2. The van der Waals surface area contributed by atoms with E-state index in [1.807, 2.05) is 0 Å². The summed E-state index contributed by atoms with van der Waals surface area (Å²) >= 11 is 1.09. The van der Waals surface area contributed by atoms with Gasteiger partial charge in [-0.05, 0) is 42.5 Å². The third-order valence-corrected chi connectivity index (χ3v) is 9.11. The Hall–Kier alpha value is -1.26. The summed E-state index contributed by atoms with van der Waals surface area (Å²) in [6.07, 6.45) is 1.28. The highest BCUT2D eigenvalue weighted by atomic mass is 32.2. The Kier molecular flexibility index (Phi) is 4.80. The van der Waals surface area contributed by atoms with Crippen LogP contribution in [-0.4, -0.2) is 45.4 Å². The van der Waals surface area contributed by atoms with Crippen molar-refractivity contribution in [2.45, 2.75) is 32.9 Å². The van der Waals surface area contributed by atoms with Gasteiger partial charge in [-0.2, -0.15) is 4.31 Å². The van der Waals surface area contributed by atoms with Crippen molar-refractivity contribution in [3.05, 3.63) is 41.8 Å². The van der Waals surface area contributed by atoms with Gasteiger partial charge in [-0.25, -0.2) is 16.8 Å². The molecule has 24 heavy (non-hydrogen) atoms. The zero-order valence-corrected chi connectivity index (χ0v) is 15.1. The molecular weight excluding hydrogens is 370 g/mol. The number of aliphatic hydroxyl groups is 1. The van der Waals surface area contributed by atoms with Crippen LogP contribution in [0.25, 0.3) is 0 Å². The van der Waals surface area contributed by atoms with Gasteiger partial charge in [0.25, 0.3) is 0 Å². The fourth-order valence-electron chi connectivity index (χ4n) is 2.78. The SMILES string of the molecule is O=S(=O)(c1cccc(S(=O)(=O)N2CCCC2CO)c1)c1cccs1. The molecule has 1 saturated heterocycles. The van der Waals surface area contributed by atoms with Crippen LogP contribution in [-0.2, 0) is 19.9 Å². The Balaban J connectivity index is 2.02. The third kappa shape index (κ3) is 3.02. The van der Waals surface area contributed by atoms with Gasteiger partial charge in [0.15, 0.2) is 0 Å². The van der Waals surface area contributed by atoms with Gasteiger partial charge in [0.05, 0.1) is 16.4 Å². The Morgan fingerprint density at radius 2 is 1.88 bits per heavy atom. The van der Waals surface area contributed by atoms with Crippen LogP contribution in [0.4, 0.5) is 0 Å².